The molecule has 2 aliphatic rings. The second kappa shape index (κ2) is 10.4. The maximum Gasteiger partial charge on any atom is 0.363 e. The zero-order chi connectivity index (χ0) is 27.0. The molecule has 0 amide bonds. The Balaban J connectivity index is 1.89. The smallest absolute Gasteiger partial charge is 0.363 e. The Hall–Kier alpha value is -3.69. The van der Waals surface area contributed by atoms with Crippen molar-refractivity contribution in [2.45, 2.75) is 43.6 Å². The number of nitro groups is 1. The monoisotopic (exact) mass is 529 g/mol. The van der Waals surface area contributed by atoms with Crippen molar-refractivity contribution in [3.8, 4) is 11.5 Å². The van der Waals surface area contributed by atoms with Gasteiger partial charge in [-0.25, -0.2) is 9.78 Å². The van der Waals surface area contributed by atoms with Crippen molar-refractivity contribution in [2.75, 3.05) is 6.61 Å². The van der Waals surface area contributed by atoms with E-state index in [0.29, 0.717) is 15.9 Å². The SMILES string of the molecule is Cc1cc2nc3c(=O)n(Sc4ccc([N+](=O)[O-])cc4)c(=O)nc-3n(CC(O)C(O)C(O)CO)c2cc1C. The number of aromatic nitrogens is 4. The first kappa shape index (κ1) is 26.4. The van der Waals surface area contributed by atoms with Gasteiger partial charge >= 0.3 is 5.69 Å². The van der Waals surface area contributed by atoms with Crippen LogP contribution in [0.2, 0.25) is 0 Å². The summed E-state index contributed by atoms with van der Waals surface area (Å²) in [6.45, 7) is 2.53. The summed E-state index contributed by atoms with van der Waals surface area (Å²) in [4.78, 5) is 45.5. The number of non-ortho nitro benzene ring substituents is 1. The van der Waals surface area contributed by atoms with Gasteiger partial charge in [-0.15, -0.1) is 0 Å². The molecule has 13 nitrogen and oxygen atoms in total. The van der Waals surface area contributed by atoms with Crippen LogP contribution in [-0.4, -0.2) is 68.8 Å². The van der Waals surface area contributed by atoms with Crippen LogP contribution in [0.4, 0.5) is 5.69 Å². The van der Waals surface area contributed by atoms with Gasteiger partial charge in [0.2, 0.25) is 0 Å². The van der Waals surface area contributed by atoms with Crippen LogP contribution in [-0.2, 0) is 6.54 Å². The van der Waals surface area contributed by atoms with Crippen LogP contribution < -0.4 is 11.2 Å². The second-order valence-corrected chi connectivity index (χ2v) is 9.48. The summed E-state index contributed by atoms with van der Waals surface area (Å²) in [6, 6.07) is 8.73. The van der Waals surface area contributed by atoms with E-state index in [0.717, 1.165) is 27.0 Å². The van der Waals surface area contributed by atoms with E-state index in [-0.39, 0.29) is 23.8 Å². The summed E-state index contributed by atoms with van der Waals surface area (Å²) in [6.07, 6.45) is -4.92. The number of aliphatic hydroxyl groups excluding tert-OH is 4. The van der Waals surface area contributed by atoms with E-state index < -0.39 is 41.1 Å². The lowest BCUT2D eigenvalue weighted by molar-refractivity contribution is -0.384. The first-order valence-corrected chi connectivity index (χ1v) is 11.8. The number of hydrogen-bond donors (Lipinski definition) is 4. The molecule has 4 rings (SSSR count). The summed E-state index contributed by atoms with van der Waals surface area (Å²) in [5, 5.41) is 50.5. The highest BCUT2D eigenvalue weighted by atomic mass is 32.2. The van der Waals surface area contributed by atoms with Crippen molar-refractivity contribution in [3.63, 3.8) is 0 Å². The molecule has 0 saturated carbocycles. The van der Waals surface area contributed by atoms with Crippen LogP contribution in [0.5, 0.6) is 0 Å². The van der Waals surface area contributed by atoms with Gasteiger partial charge in [-0.1, -0.05) is 0 Å². The van der Waals surface area contributed by atoms with Crippen molar-refractivity contribution < 1.29 is 25.3 Å². The number of nitrogens with zero attached hydrogens (tertiary/aromatic N) is 5. The lowest BCUT2D eigenvalue weighted by atomic mass is 10.1. The first-order chi connectivity index (χ1) is 17.5. The van der Waals surface area contributed by atoms with Crippen LogP contribution in [0.3, 0.4) is 0 Å². The number of rotatable bonds is 8. The van der Waals surface area contributed by atoms with Crippen LogP contribution in [0.15, 0.2) is 50.9 Å². The molecule has 0 fully saturated rings. The largest absolute Gasteiger partial charge is 0.394 e. The average molecular weight is 530 g/mol. The third kappa shape index (κ3) is 5.10. The molecule has 2 heterocycles. The molecule has 14 heteroatoms. The Morgan fingerprint density at radius 1 is 1.03 bits per heavy atom. The molecule has 194 valence electrons. The minimum atomic E-state index is -1.72. The number of aryl methyl sites for hydroxylation is 2. The fraction of sp³-hybridized carbons (Fsp3) is 0.304. The highest BCUT2D eigenvalue weighted by Crippen LogP contribution is 2.26. The standard InChI is InChI=1S/C23H23N5O8S/c1-11-7-15-16(8-12(11)2)26(9-17(30)20(32)18(31)10-29)21-19(24-15)22(33)27(23(34)25-21)37-14-5-3-13(4-6-14)28(35)36/h3-8,17-18,20,29-32H,9-10H2,1-2H3. The average Bonchev–Trinajstić information content (AvgIpc) is 2.87. The zero-order valence-corrected chi connectivity index (χ0v) is 20.5. The Morgan fingerprint density at radius 2 is 1.68 bits per heavy atom. The molecule has 3 unspecified atom stereocenters. The molecule has 4 N–H and O–H groups in total. The predicted molar refractivity (Wildman–Crippen MR) is 134 cm³/mol. The van der Waals surface area contributed by atoms with Crippen LogP contribution in [0.25, 0.3) is 22.6 Å². The van der Waals surface area contributed by atoms with Crippen molar-refractivity contribution in [3.05, 3.63) is 78.5 Å². The third-order valence-corrected chi connectivity index (χ3v) is 6.92. The molecule has 0 aliphatic carbocycles. The Labute approximate surface area is 212 Å². The van der Waals surface area contributed by atoms with Gasteiger partial charge in [0.05, 0.1) is 29.1 Å². The van der Waals surface area contributed by atoms with Crippen LogP contribution >= 0.6 is 11.9 Å². The fourth-order valence-corrected chi connectivity index (χ4v) is 4.50. The summed E-state index contributed by atoms with van der Waals surface area (Å²) in [5.41, 5.74) is 0.449. The van der Waals surface area contributed by atoms with Crippen molar-refractivity contribution >= 4 is 28.7 Å². The van der Waals surface area contributed by atoms with E-state index in [9.17, 15) is 35.0 Å². The topological polar surface area (TPSA) is 194 Å². The molecular formula is C23H23N5O8S. The molecule has 2 aromatic rings. The highest BCUT2D eigenvalue weighted by Gasteiger charge is 2.28. The maximum absolute atomic E-state index is 13.4. The Morgan fingerprint density at radius 3 is 2.30 bits per heavy atom. The number of fused-ring (bicyclic) bond motifs is 2. The molecule has 3 atom stereocenters. The molecule has 0 aromatic heterocycles. The van der Waals surface area contributed by atoms with Gasteiger partial charge in [0, 0.05) is 29.0 Å². The van der Waals surface area contributed by atoms with Crippen LogP contribution in [0, 0.1) is 24.0 Å². The van der Waals surface area contributed by atoms with E-state index >= 15 is 0 Å². The van der Waals surface area contributed by atoms with Gasteiger partial charge in [0.25, 0.3) is 11.2 Å². The zero-order valence-electron chi connectivity index (χ0n) is 19.7. The van der Waals surface area contributed by atoms with Crippen molar-refractivity contribution in [1.82, 2.24) is 18.5 Å². The first-order valence-electron chi connectivity index (χ1n) is 11.0. The van der Waals surface area contributed by atoms with Crippen molar-refractivity contribution in [1.29, 1.82) is 0 Å². The number of nitro benzene ring substituents is 1. The van der Waals surface area contributed by atoms with Crippen LogP contribution in [0.1, 0.15) is 11.1 Å². The van der Waals surface area contributed by atoms with Gasteiger partial charge in [-0.2, -0.15) is 8.96 Å². The molecule has 0 saturated heterocycles. The Kier molecular flexibility index (Phi) is 7.38. The molecule has 0 radical (unpaired) electrons. The quantitative estimate of drug-likeness (QED) is 0.138. The summed E-state index contributed by atoms with van der Waals surface area (Å²) < 4.78 is 2.14. The lowest BCUT2D eigenvalue weighted by Gasteiger charge is -2.25. The van der Waals surface area contributed by atoms with E-state index in [1.54, 1.807) is 12.1 Å². The van der Waals surface area contributed by atoms with Gasteiger partial charge in [0.15, 0.2) is 11.5 Å². The second-order valence-electron chi connectivity index (χ2n) is 8.46. The van der Waals surface area contributed by atoms with Gasteiger partial charge in [-0.3, -0.25) is 14.9 Å². The van der Waals surface area contributed by atoms with Crippen molar-refractivity contribution in [2.24, 2.45) is 0 Å². The normalized spacial score (nSPS) is 14.1. The maximum atomic E-state index is 13.4. The molecule has 2 aromatic carbocycles. The molecular weight excluding hydrogens is 506 g/mol. The van der Waals surface area contributed by atoms with E-state index in [4.69, 9.17) is 5.11 Å². The van der Waals surface area contributed by atoms with Gasteiger partial charge < -0.3 is 25.0 Å². The summed E-state index contributed by atoms with van der Waals surface area (Å²) in [5.74, 6) is -0.143. The number of aliphatic hydroxyl groups is 4. The molecule has 0 spiro atoms. The van der Waals surface area contributed by atoms with E-state index in [1.807, 2.05) is 13.8 Å². The van der Waals surface area contributed by atoms with E-state index in [1.165, 1.54) is 28.8 Å². The summed E-state index contributed by atoms with van der Waals surface area (Å²) >= 11 is 0.726. The highest BCUT2D eigenvalue weighted by molar-refractivity contribution is 7.97. The van der Waals surface area contributed by atoms with E-state index in [2.05, 4.69) is 9.97 Å². The molecule has 37 heavy (non-hydrogen) atoms. The minimum absolute atomic E-state index is 0.143. The molecule has 0 bridgehead atoms. The third-order valence-electron chi connectivity index (χ3n) is 5.93. The fourth-order valence-electron chi connectivity index (χ4n) is 3.74. The lowest BCUT2D eigenvalue weighted by Crippen LogP contribution is -2.42. The Bertz CT molecular complexity index is 1570. The minimum Gasteiger partial charge on any atom is -0.394 e. The van der Waals surface area contributed by atoms with Gasteiger partial charge in [0.1, 0.15) is 18.3 Å². The number of benzene rings is 2. The number of hydrogen-bond acceptors (Lipinski definition) is 11. The van der Waals surface area contributed by atoms with Gasteiger partial charge in [-0.05, 0) is 49.2 Å². The molecule has 2 aliphatic heterocycles. The predicted octanol–water partition coefficient (Wildman–Crippen LogP) is 0.213. The summed E-state index contributed by atoms with van der Waals surface area (Å²) in [7, 11) is 0.